The van der Waals surface area contributed by atoms with Crippen molar-refractivity contribution in [3.05, 3.63) is 74.1 Å². The van der Waals surface area contributed by atoms with E-state index in [1.807, 2.05) is 0 Å². The highest BCUT2D eigenvalue weighted by atomic mass is 35.5. The standard InChI is InChI=1S/C15H9Cl2F2N3OS/c16-10-3-2-9(6-11(10)17)20-14-21-15(23)22(24-14)7-8-1-4-12(18)13(19)5-8/h1-6H,7H2,(H,20,21,23). The van der Waals surface area contributed by atoms with Crippen LogP contribution in [-0.2, 0) is 6.54 Å². The number of nitrogens with zero attached hydrogens (tertiary/aromatic N) is 2. The Kier molecular flexibility index (Phi) is 4.84. The Hall–Kier alpha value is -1.96. The molecule has 0 aliphatic heterocycles. The van der Waals surface area contributed by atoms with E-state index in [-0.39, 0.29) is 6.54 Å². The van der Waals surface area contributed by atoms with Gasteiger partial charge in [-0.05, 0) is 47.4 Å². The van der Waals surface area contributed by atoms with E-state index in [1.165, 1.54) is 10.0 Å². The van der Waals surface area contributed by atoms with Crippen LogP contribution in [0.15, 0.2) is 41.2 Å². The van der Waals surface area contributed by atoms with Crippen LogP contribution < -0.4 is 11.0 Å². The third kappa shape index (κ3) is 3.75. The van der Waals surface area contributed by atoms with Crippen LogP contribution in [0, 0.1) is 11.6 Å². The summed E-state index contributed by atoms with van der Waals surface area (Å²) in [4.78, 5) is 15.8. The number of anilines is 2. The second-order valence-electron chi connectivity index (χ2n) is 4.83. The summed E-state index contributed by atoms with van der Waals surface area (Å²) >= 11 is 12.8. The fraction of sp³-hybridized carbons (Fsp3) is 0.0667. The van der Waals surface area contributed by atoms with E-state index in [1.54, 1.807) is 18.2 Å². The topological polar surface area (TPSA) is 46.9 Å². The smallest absolute Gasteiger partial charge is 0.330 e. The average molecular weight is 388 g/mol. The number of aromatic nitrogens is 2. The van der Waals surface area contributed by atoms with E-state index < -0.39 is 17.3 Å². The number of halogens is 4. The van der Waals surface area contributed by atoms with Gasteiger partial charge in [0.05, 0.1) is 16.6 Å². The van der Waals surface area contributed by atoms with Crippen molar-refractivity contribution in [2.24, 2.45) is 0 Å². The molecule has 2 aromatic carbocycles. The second-order valence-corrected chi connectivity index (χ2v) is 6.65. The Morgan fingerprint density at radius 2 is 1.88 bits per heavy atom. The number of hydrogen-bond acceptors (Lipinski definition) is 4. The Morgan fingerprint density at radius 1 is 1.08 bits per heavy atom. The Labute approximate surface area is 149 Å². The van der Waals surface area contributed by atoms with Crippen molar-refractivity contribution in [3.8, 4) is 0 Å². The SMILES string of the molecule is O=c1nc(Nc2ccc(Cl)c(Cl)c2)sn1Cc1ccc(F)c(F)c1. The van der Waals surface area contributed by atoms with Crippen LogP contribution in [0.2, 0.25) is 10.0 Å². The molecule has 1 aromatic heterocycles. The lowest BCUT2D eigenvalue weighted by Crippen LogP contribution is -2.15. The predicted molar refractivity (Wildman–Crippen MR) is 91.6 cm³/mol. The van der Waals surface area contributed by atoms with Crippen molar-refractivity contribution < 1.29 is 8.78 Å². The van der Waals surface area contributed by atoms with E-state index in [4.69, 9.17) is 23.2 Å². The van der Waals surface area contributed by atoms with Crippen molar-refractivity contribution >= 4 is 45.6 Å². The normalized spacial score (nSPS) is 10.8. The minimum Gasteiger partial charge on any atom is -0.330 e. The monoisotopic (exact) mass is 387 g/mol. The minimum atomic E-state index is -0.959. The van der Waals surface area contributed by atoms with E-state index >= 15 is 0 Å². The number of benzene rings is 2. The van der Waals surface area contributed by atoms with Crippen LogP contribution in [-0.4, -0.2) is 8.94 Å². The van der Waals surface area contributed by atoms with E-state index in [9.17, 15) is 13.6 Å². The number of rotatable bonds is 4. The van der Waals surface area contributed by atoms with Crippen molar-refractivity contribution in [2.75, 3.05) is 5.32 Å². The first-order valence-corrected chi connectivity index (χ1v) is 8.19. The number of hydrogen-bond donors (Lipinski definition) is 1. The van der Waals surface area contributed by atoms with Gasteiger partial charge in [-0.1, -0.05) is 29.3 Å². The maximum atomic E-state index is 13.2. The molecule has 24 heavy (non-hydrogen) atoms. The highest BCUT2D eigenvalue weighted by Gasteiger charge is 2.10. The Balaban J connectivity index is 1.80. The molecule has 124 valence electrons. The lowest BCUT2D eigenvalue weighted by molar-refractivity contribution is 0.506. The van der Waals surface area contributed by atoms with Crippen molar-refractivity contribution in [1.29, 1.82) is 0 Å². The molecule has 3 aromatic rings. The first-order chi connectivity index (χ1) is 11.4. The second kappa shape index (κ2) is 6.88. The van der Waals surface area contributed by atoms with Gasteiger partial charge in [0.1, 0.15) is 0 Å². The molecule has 4 nitrogen and oxygen atoms in total. The summed E-state index contributed by atoms with van der Waals surface area (Å²) in [5.41, 5.74) is 0.589. The maximum Gasteiger partial charge on any atom is 0.360 e. The van der Waals surface area contributed by atoms with Gasteiger partial charge >= 0.3 is 5.69 Å². The zero-order valence-electron chi connectivity index (χ0n) is 11.9. The van der Waals surface area contributed by atoms with Gasteiger partial charge in [-0.3, -0.25) is 0 Å². The lowest BCUT2D eigenvalue weighted by atomic mass is 10.2. The van der Waals surface area contributed by atoms with Crippen LogP contribution in [0.25, 0.3) is 0 Å². The third-order valence-electron chi connectivity index (χ3n) is 3.09. The summed E-state index contributed by atoms with van der Waals surface area (Å²) in [6.45, 7) is 0.0940. The Bertz CT molecular complexity index is 958. The molecule has 3 rings (SSSR count). The van der Waals surface area contributed by atoms with E-state index in [0.29, 0.717) is 26.4 Å². The van der Waals surface area contributed by atoms with Gasteiger partial charge in [0.2, 0.25) is 5.13 Å². The maximum absolute atomic E-state index is 13.2. The zero-order valence-corrected chi connectivity index (χ0v) is 14.2. The summed E-state index contributed by atoms with van der Waals surface area (Å²) in [6, 6.07) is 8.40. The van der Waals surface area contributed by atoms with Crippen molar-refractivity contribution in [3.63, 3.8) is 0 Å². The van der Waals surface area contributed by atoms with Gasteiger partial charge < -0.3 is 5.32 Å². The molecular formula is C15H9Cl2F2N3OS. The van der Waals surface area contributed by atoms with Crippen LogP contribution in [0.5, 0.6) is 0 Å². The highest BCUT2D eigenvalue weighted by Crippen LogP contribution is 2.27. The molecule has 1 heterocycles. The summed E-state index contributed by atoms with van der Waals surface area (Å²) in [5.74, 6) is -1.89. The number of nitrogens with one attached hydrogen (secondary N) is 1. The molecule has 9 heteroatoms. The summed E-state index contributed by atoms with van der Waals surface area (Å²) in [6.07, 6.45) is 0. The van der Waals surface area contributed by atoms with Gasteiger partial charge in [-0.2, -0.15) is 4.98 Å². The molecule has 0 fully saturated rings. The van der Waals surface area contributed by atoms with Crippen LogP contribution in [0.4, 0.5) is 19.6 Å². The molecule has 0 aliphatic rings. The largest absolute Gasteiger partial charge is 0.360 e. The fourth-order valence-electron chi connectivity index (χ4n) is 1.96. The summed E-state index contributed by atoms with van der Waals surface area (Å²) in [7, 11) is 0. The highest BCUT2D eigenvalue weighted by molar-refractivity contribution is 7.10. The minimum absolute atomic E-state index is 0.0940. The van der Waals surface area contributed by atoms with Crippen LogP contribution in [0.3, 0.4) is 0 Å². The predicted octanol–water partition coefficient (Wildman–Crippen LogP) is 4.68. The molecule has 0 bridgehead atoms. The Morgan fingerprint density at radius 3 is 2.58 bits per heavy atom. The molecular weight excluding hydrogens is 379 g/mol. The summed E-state index contributed by atoms with van der Waals surface area (Å²) < 4.78 is 27.5. The molecule has 1 N–H and O–H groups in total. The van der Waals surface area contributed by atoms with Gasteiger partial charge in [0.15, 0.2) is 11.6 Å². The molecule has 0 unspecified atom stereocenters. The molecule has 0 amide bonds. The third-order valence-corrected chi connectivity index (χ3v) is 4.70. The molecule has 0 saturated heterocycles. The van der Waals surface area contributed by atoms with Gasteiger partial charge in [-0.25, -0.2) is 17.5 Å². The van der Waals surface area contributed by atoms with E-state index in [2.05, 4.69) is 10.3 Å². The molecule has 0 atom stereocenters. The molecule has 0 aliphatic carbocycles. The van der Waals surface area contributed by atoms with E-state index in [0.717, 1.165) is 23.7 Å². The van der Waals surface area contributed by atoms with Crippen molar-refractivity contribution in [2.45, 2.75) is 6.54 Å². The van der Waals surface area contributed by atoms with Gasteiger partial charge in [-0.15, -0.1) is 0 Å². The molecule has 0 radical (unpaired) electrons. The summed E-state index contributed by atoms with van der Waals surface area (Å²) in [5, 5.41) is 4.08. The van der Waals surface area contributed by atoms with Crippen LogP contribution >= 0.6 is 34.7 Å². The first-order valence-electron chi connectivity index (χ1n) is 6.66. The lowest BCUT2D eigenvalue weighted by Gasteiger charge is -2.03. The first kappa shape index (κ1) is 16.9. The molecule has 0 spiro atoms. The van der Waals surface area contributed by atoms with Gasteiger partial charge in [0, 0.05) is 5.69 Å². The fourth-order valence-corrected chi connectivity index (χ4v) is 3.08. The van der Waals surface area contributed by atoms with Crippen LogP contribution in [0.1, 0.15) is 5.56 Å². The molecule has 0 saturated carbocycles. The quantitative estimate of drug-likeness (QED) is 0.706. The average Bonchev–Trinajstić information content (AvgIpc) is 2.86. The van der Waals surface area contributed by atoms with Crippen molar-refractivity contribution in [1.82, 2.24) is 8.94 Å². The zero-order chi connectivity index (χ0) is 17.3. The van der Waals surface area contributed by atoms with Gasteiger partial charge in [0.25, 0.3) is 0 Å².